The SMILES string of the molecule is N=C(N)c1ccc(-c2ccc(-c3cc(Cl)cc(Cl)c3)o2)o1. The second-order valence-electron chi connectivity index (χ2n) is 4.40. The zero-order chi connectivity index (χ0) is 15.0. The summed E-state index contributed by atoms with van der Waals surface area (Å²) in [4.78, 5) is 0. The van der Waals surface area contributed by atoms with Crippen molar-refractivity contribution < 1.29 is 8.83 Å². The van der Waals surface area contributed by atoms with Gasteiger partial charge in [0.05, 0.1) is 0 Å². The molecule has 0 aliphatic carbocycles. The van der Waals surface area contributed by atoms with Crippen molar-refractivity contribution in [1.82, 2.24) is 0 Å². The number of halogens is 2. The van der Waals surface area contributed by atoms with Crippen LogP contribution in [0, 0.1) is 5.41 Å². The van der Waals surface area contributed by atoms with Gasteiger partial charge in [0.2, 0.25) is 0 Å². The molecule has 6 heteroatoms. The highest BCUT2D eigenvalue weighted by atomic mass is 35.5. The first kappa shape index (κ1) is 13.8. The molecule has 21 heavy (non-hydrogen) atoms. The van der Waals surface area contributed by atoms with Crippen molar-refractivity contribution in [2.75, 3.05) is 0 Å². The van der Waals surface area contributed by atoms with Crippen LogP contribution < -0.4 is 5.73 Å². The maximum Gasteiger partial charge on any atom is 0.170 e. The van der Waals surface area contributed by atoms with Gasteiger partial charge >= 0.3 is 0 Å². The molecule has 0 saturated heterocycles. The van der Waals surface area contributed by atoms with Crippen LogP contribution in [0.25, 0.3) is 22.8 Å². The van der Waals surface area contributed by atoms with Crippen LogP contribution in [0.1, 0.15) is 5.76 Å². The Hall–Kier alpha value is -2.17. The van der Waals surface area contributed by atoms with Gasteiger partial charge in [-0.1, -0.05) is 23.2 Å². The Bertz CT molecular complexity index is 800. The molecule has 0 atom stereocenters. The molecule has 4 nitrogen and oxygen atoms in total. The number of rotatable bonds is 3. The van der Waals surface area contributed by atoms with E-state index in [4.69, 9.17) is 43.2 Å². The molecule has 0 aliphatic rings. The van der Waals surface area contributed by atoms with Gasteiger partial charge in [0, 0.05) is 15.6 Å². The molecule has 0 aliphatic heterocycles. The van der Waals surface area contributed by atoms with Gasteiger partial charge in [0.1, 0.15) is 5.76 Å². The molecule has 3 N–H and O–H groups in total. The zero-order valence-electron chi connectivity index (χ0n) is 10.7. The fourth-order valence-corrected chi connectivity index (χ4v) is 2.46. The Morgan fingerprint density at radius 3 is 2.05 bits per heavy atom. The van der Waals surface area contributed by atoms with Crippen molar-refractivity contribution in [3.8, 4) is 22.8 Å². The maximum absolute atomic E-state index is 7.32. The first-order valence-corrected chi connectivity index (χ1v) is 6.79. The predicted octanol–water partition coefficient (Wildman–Crippen LogP) is 4.80. The van der Waals surface area contributed by atoms with Crippen LogP contribution in [0.4, 0.5) is 0 Å². The summed E-state index contributed by atoms with van der Waals surface area (Å²) in [6.07, 6.45) is 0. The average molecular weight is 321 g/mol. The number of hydrogen-bond acceptors (Lipinski definition) is 3. The normalized spacial score (nSPS) is 10.8. The van der Waals surface area contributed by atoms with Gasteiger partial charge in [-0.05, 0) is 42.5 Å². The van der Waals surface area contributed by atoms with E-state index in [0.717, 1.165) is 5.56 Å². The number of hydrogen-bond donors (Lipinski definition) is 2. The van der Waals surface area contributed by atoms with Crippen molar-refractivity contribution in [2.24, 2.45) is 5.73 Å². The minimum atomic E-state index is -0.130. The van der Waals surface area contributed by atoms with E-state index in [1.165, 1.54) is 0 Å². The smallest absolute Gasteiger partial charge is 0.170 e. The van der Waals surface area contributed by atoms with Gasteiger partial charge in [-0.2, -0.15) is 0 Å². The van der Waals surface area contributed by atoms with Crippen molar-refractivity contribution in [1.29, 1.82) is 5.41 Å². The molecule has 3 rings (SSSR count). The molecule has 0 bridgehead atoms. The van der Waals surface area contributed by atoms with Crippen molar-refractivity contribution in [2.45, 2.75) is 0 Å². The molecule has 2 heterocycles. The molecular weight excluding hydrogens is 311 g/mol. The third kappa shape index (κ3) is 2.82. The van der Waals surface area contributed by atoms with Gasteiger partial charge in [0.15, 0.2) is 23.1 Å². The molecule has 0 amide bonds. The van der Waals surface area contributed by atoms with Crippen molar-refractivity contribution in [3.05, 3.63) is 58.3 Å². The largest absolute Gasteiger partial charge is 0.453 e. The first-order chi connectivity index (χ1) is 10.0. The highest BCUT2D eigenvalue weighted by Gasteiger charge is 2.12. The number of benzene rings is 1. The van der Waals surface area contributed by atoms with Crippen LogP contribution in [0.15, 0.2) is 51.3 Å². The van der Waals surface area contributed by atoms with E-state index in [9.17, 15) is 0 Å². The summed E-state index contributed by atoms with van der Waals surface area (Å²) in [7, 11) is 0. The minimum absolute atomic E-state index is 0.130. The topological polar surface area (TPSA) is 76.2 Å². The lowest BCUT2D eigenvalue weighted by atomic mass is 10.2. The molecule has 0 fully saturated rings. The lowest BCUT2D eigenvalue weighted by Crippen LogP contribution is -2.09. The Balaban J connectivity index is 1.97. The lowest BCUT2D eigenvalue weighted by molar-refractivity contribution is 0.525. The van der Waals surface area contributed by atoms with Crippen LogP contribution in [-0.2, 0) is 0 Å². The summed E-state index contributed by atoms with van der Waals surface area (Å²) in [6, 6.07) is 12.1. The quantitative estimate of drug-likeness (QED) is 0.537. The fraction of sp³-hybridized carbons (Fsp3) is 0. The van der Waals surface area contributed by atoms with Crippen LogP contribution >= 0.6 is 23.2 Å². The molecule has 0 spiro atoms. The van der Waals surface area contributed by atoms with Gasteiger partial charge in [-0.15, -0.1) is 0 Å². The highest BCUT2D eigenvalue weighted by molar-refractivity contribution is 6.35. The van der Waals surface area contributed by atoms with Crippen LogP contribution in [0.3, 0.4) is 0 Å². The van der Waals surface area contributed by atoms with E-state index in [0.29, 0.717) is 33.1 Å². The number of furan rings is 2. The molecule has 0 saturated carbocycles. The Kier molecular flexibility index (Phi) is 3.49. The summed E-state index contributed by atoms with van der Waals surface area (Å²) in [6.45, 7) is 0. The van der Waals surface area contributed by atoms with E-state index in [2.05, 4.69) is 0 Å². The standard InChI is InChI=1S/C15H10Cl2N2O2/c16-9-5-8(6-10(17)7-9)11-1-2-12(20-11)13-3-4-14(21-13)15(18)19/h1-7H,(H3,18,19). The van der Waals surface area contributed by atoms with Crippen LogP contribution in [-0.4, -0.2) is 5.84 Å². The molecule has 0 radical (unpaired) electrons. The zero-order valence-corrected chi connectivity index (χ0v) is 12.2. The molecule has 0 unspecified atom stereocenters. The third-order valence-electron chi connectivity index (χ3n) is 2.87. The van der Waals surface area contributed by atoms with E-state index in [1.54, 1.807) is 42.5 Å². The van der Waals surface area contributed by atoms with Gasteiger partial charge in [-0.3, -0.25) is 5.41 Å². The number of nitrogens with two attached hydrogens (primary N) is 1. The molecular formula is C15H10Cl2N2O2. The van der Waals surface area contributed by atoms with Crippen molar-refractivity contribution >= 4 is 29.0 Å². The fourth-order valence-electron chi connectivity index (χ4n) is 1.94. The average Bonchev–Trinajstić information content (AvgIpc) is 3.07. The predicted molar refractivity (Wildman–Crippen MR) is 82.9 cm³/mol. The summed E-state index contributed by atoms with van der Waals surface area (Å²) in [5.41, 5.74) is 6.14. The van der Waals surface area contributed by atoms with Gasteiger partial charge in [-0.25, -0.2) is 0 Å². The van der Waals surface area contributed by atoms with Gasteiger partial charge in [0.25, 0.3) is 0 Å². The summed E-state index contributed by atoms with van der Waals surface area (Å²) < 4.78 is 11.2. The van der Waals surface area contributed by atoms with E-state index in [1.807, 2.05) is 0 Å². The second-order valence-corrected chi connectivity index (χ2v) is 5.27. The van der Waals surface area contributed by atoms with E-state index in [-0.39, 0.29) is 5.84 Å². The number of amidine groups is 1. The van der Waals surface area contributed by atoms with Gasteiger partial charge < -0.3 is 14.6 Å². The molecule has 2 aromatic heterocycles. The first-order valence-electron chi connectivity index (χ1n) is 6.04. The van der Waals surface area contributed by atoms with Crippen molar-refractivity contribution in [3.63, 3.8) is 0 Å². The van der Waals surface area contributed by atoms with Crippen LogP contribution in [0.5, 0.6) is 0 Å². The minimum Gasteiger partial charge on any atom is -0.453 e. The van der Waals surface area contributed by atoms with E-state index < -0.39 is 0 Å². The Morgan fingerprint density at radius 1 is 0.857 bits per heavy atom. The summed E-state index contributed by atoms with van der Waals surface area (Å²) in [5.74, 6) is 1.83. The number of nitrogen functional groups attached to an aromatic ring is 1. The maximum atomic E-state index is 7.32. The summed E-state index contributed by atoms with van der Waals surface area (Å²) >= 11 is 12.0. The summed E-state index contributed by atoms with van der Waals surface area (Å²) in [5, 5.41) is 8.39. The monoisotopic (exact) mass is 320 g/mol. The molecule has 3 aromatic rings. The lowest BCUT2D eigenvalue weighted by Gasteiger charge is -1.99. The Morgan fingerprint density at radius 2 is 1.43 bits per heavy atom. The third-order valence-corrected chi connectivity index (χ3v) is 3.30. The van der Waals surface area contributed by atoms with E-state index >= 15 is 0 Å². The number of nitrogens with one attached hydrogen (secondary N) is 1. The Labute approximate surface area is 130 Å². The second kappa shape index (κ2) is 5.31. The molecule has 106 valence electrons. The van der Waals surface area contributed by atoms with Crippen LogP contribution in [0.2, 0.25) is 10.0 Å². The highest BCUT2D eigenvalue weighted by Crippen LogP contribution is 2.32. The molecule has 1 aromatic carbocycles.